The third-order valence-electron chi connectivity index (χ3n) is 2.94. The van der Waals surface area contributed by atoms with Crippen molar-refractivity contribution in [3.63, 3.8) is 0 Å². The van der Waals surface area contributed by atoms with E-state index in [1.54, 1.807) is 29.9 Å². The molecule has 0 radical (unpaired) electrons. The van der Waals surface area contributed by atoms with E-state index < -0.39 is 0 Å². The lowest BCUT2D eigenvalue weighted by Gasteiger charge is -2.18. The number of nitrogens with zero attached hydrogens (tertiary/aromatic N) is 2. The predicted molar refractivity (Wildman–Crippen MR) is 92.6 cm³/mol. The normalized spacial score (nSPS) is 10.3. The number of benzene rings is 1. The zero-order chi connectivity index (χ0) is 15.9. The largest absolute Gasteiger partial charge is 0.323 e. The fraction of sp³-hybridized carbons (Fsp3) is 0.250. The molecule has 4 nitrogen and oxygen atoms in total. The Kier molecular flexibility index (Phi) is 6.10. The van der Waals surface area contributed by atoms with Gasteiger partial charge in [-0.25, -0.2) is 9.78 Å². The highest BCUT2D eigenvalue weighted by atomic mass is 35.5. The van der Waals surface area contributed by atoms with E-state index in [1.807, 2.05) is 36.4 Å². The molecule has 1 heterocycles. The number of thioether (sulfide) groups is 1. The van der Waals surface area contributed by atoms with Crippen molar-refractivity contribution in [2.24, 2.45) is 0 Å². The van der Waals surface area contributed by atoms with Crippen molar-refractivity contribution in [2.45, 2.75) is 18.5 Å². The van der Waals surface area contributed by atoms with Gasteiger partial charge >= 0.3 is 6.03 Å². The van der Waals surface area contributed by atoms with Crippen LogP contribution in [0.3, 0.4) is 0 Å². The van der Waals surface area contributed by atoms with Crippen LogP contribution in [0.4, 0.5) is 10.5 Å². The maximum Gasteiger partial charge on any atom is 0.321 e. The number of halogens is 1. The molecule has 0 spiro atoms. The van der Waals surface area contributed by atoms with Crippen LogP contribution in [0.5, 0.6) is 0 Å². The molecule has 2 amide bonds. The highest BCUT2D eigenvalue weighted by Crippen LogP contribution is 2.17. The number of nitrogens with one attached hydrogen (secondary N) is 1. The highest BCUT2D eigenvalue weighted by Gasteiger charge is 2.10. The molecule has 0 aliphatic rings. The Morgan fingerprint density at radius 2 is 2.18 bits per heavy atom. The second kappa shape index (κ2) is 8.06. The molecule has 1 aromatic heterocycles. The van der Waals surface area contributed by atoms with Crippen LogP contribution in [0.15, 0.2) is 47.6 Å². The number of carbonyl (C=O) groups is 1. The topological polar surface area (TPSA) is 45.2 Å². The van der Waals surface area contributed by atoms with Gasteiger partial charge < -0.3 is 10.2 Å². The molecule has 0 saturated heterocycles. The van der Waals surface area contributed by atoms with Crippen molar-refractivity contribution in [1.29, 1.82) is 0 Å². The predicted octanol–water partition coefficient (Wildman–Crippen LogP) is 4.51. The lowest BCUT2D eigenvalue weighted by atomic mass is 10.2. The Hall–Kier alpha value is -1.72. The molecule has 1 aromatic carbocycles. The minimum Gasteiger partial charge on any atom is -0.323 e. The molecule has 0 bridgehead atoms. The number of rotatable bonds is 5. The van der Waals surface area contributed by atoms with Gasteiger partial charge in [0.25, 0.3) is 0 Å². The number of amides is 2. The summed E-state index contributed by atoms with van der Waals surface area (Å²) < 4.78 is 0. The van der Waals surface area contributed by atoms with Crippen LogP contribution in [0.2, 0.25) is 5.02 Å². The monoisotopic (exact) mass is 335 g/mol. The standard InChI is InChI=1S/C16H18ClN3OS/c1-3-22-15-8-7-14(10-18-15)19-16(21)20(2)11-12-5-4-6-13(17)9-12/h4-10H,3,11H2,1-2H3,(H,19,21). The number of hydrogen-bond acceptors (Lipinski definition) is 3. The first-order valence-corrected chi connectivity index (χ1v) is 8.30. The average Bonchev–Trinajstić information content (AvgIpc) is 2.49. The zero-order valence-electron chi connectivity index (χ0n) is 12.5. The third-order valence-corrected chi connectivity index (χ3v) is 4.00. The zero-order valence-corrected chi connectivity index (χ0v) is 14.1. The summed E-state index contributed by atoms with van der Waals surface area (Å²) in [6, 6.07) is 11.1. The number of anilines is 1. The van der Waals surface area contributed by atoms with Crippen molar-refractivity contribution in [3.8, 4) is 0 Å². The number of aromatic nitrogens is 1. The van der Waals surface area contributed by atoms with Crippen molar-refractivity contribution in [2.75, 3.05) is 18.1 Å². The highest BCUT2D eigenvalue weighted by molar-refractivity contribution is 7.99. The van der Waals surface area contributed by atoms with E-state index in [9.17, 15) is 4.79 Å². The van der Waals surface area contributed by atoms with E-state index in [-0.39, 0.29) is 6.03 Å². The molecule has 6 heteroatoms. The average molecular weight is 336 g/mol. The number of carbonyl (C=O) groups excluding carboxylic acids is 1. The van der Waals surface area contributed by atoms with Crippen LogP contribution in [0, 0.1) is 0 Å². The van der Waals surface area contributed by atoms with E-state index in [1.165, 1.54) is 0 Å². The minimum atomic E-state index is -0.183. The Labute approximate surface area is 139 Å². The van der Waals surface area contributed by atoms with Crippen molar-refractivity contribution in [1.82, 2.24) is 9.88 Å². The van der Waals surface area contributed by atoms with Crippen LogP contribution in [0.25, 0.3) is 0 Å². The molecule has 116 valence electrons. The maximum atomic E-state index is 12.2. The lowest BCUT2D eigenvalue weighted by Crippen LogP contribution is -2.30. The van der Waals surface area contributed by atoms with Gasteiger partial charge in [0.15, 0.2) is 0 Å². The number of urea groups is 1. The summed E-state index contributed by atoms with van der Waals surface area (Å²) in [5, 5.41) is 4.45. The summed E-state index contributed by atoms with van der Waals surface area (Å²) in [5.41, 5.74) is 1.67. The van der Waals surface area contributed by atoms with Gasteiger partial charge in [0.05, 0.1) is 16.9 Å². The SMILES string of the molecule is CCSc1ccc(NC(=O)N(C)Cc2cccc(Cl)c2)cn1. The molecule has 2 aromatic rings. The van der Waals surface area contributed by atoms with Crippen molar-refractivity contribution in [3.05, 3.63) is 53.2 Å². The summed E-state index contributed by atoms with van der Waals surface area (Å²) >= 11 is 7.61. The fourth-order valence-electron chi connectivity index (χ4n) is 1.89. The van der Waals surface area contributed by atoms with Crippen LogP contribution in [-0.2, 0) is 6.54 Å². The number of hydrogen-bond donors (Lipinski definition) is 1. The van der Waals surface area contributed by atoms with E-state index in [4.69, 9.17) is 11.6 Å². The van der Waals surface area contributed by atoms with Crippen LogP contribution >= 0.6 is 23.4 Å². The first kappa shape index (κ1) is 16.6. The van der Waals surface area contributed by atoms with E-state index in [0.717, 1.165) is 16.3 Å². The summed E-state index contributed by atoms with van der Waals surface area (Å²) in [5.74, 6) is 0.973. The van der Waals surface area contributed by atoms with E-state index >= 15 is 0 Å². The smallest absolute Gasteiger partial charge is 0.321 e. The quantitative estimate of drug-likeness (QED) is 0.817. The Bertz CT molecular complexity index is 634. The van der Waals surface area contributed by atoms with Crippen molar-refractivity contribution < 1.29 is 4.79 Å². The van der Waals surface area contributed by atoms with Crippen LogP contribution in [-0.4, -0.2) is 28.7 Å². The van der Waals surface area contributed by atoms with Gasteiger partial charge in [-0.2, -0.15) is 0 Å². The Balaban J connectivity index is 1.93. The van der Waals surface area contributed by atoms with Gasteiger partial charge in [-0.3, -0.25) is 0 Å². The lowest BCUT2D eigenvalue weighted by molar-refractivity contribution is 0.220. The van der Waals surface area contributed by atoms with Crippen molar-refractivity contribution >= 4 is 35.1 Å². The van der Waals surface area contributed by atoms with Gasteiger partial charge in [-0.1, -0.05) is 30.7 Å². The summed E-state index contributed by atoms with van der Waals surface area (Å²) in [6.45, 7) is 2.57. The maximum absolute atomic E-state index is 12.2. The first-order chi connectivity index (χ1) is 10.6. The molecular formula is C16H18ClN3OS. The summed E-state index contributed by atoms with van der Waals surface area (Å²) in [6.07, 6.45) is 1.67. The second-order valence-corrected chi connectivity index (χ2v) is 6.45. The third kappa shape index (κ3) is 4.93. The Morgan fingerprint density at radius 3 is 2.82 bits per heavy atom. The molecule has 0 aliphatic carbocycles. The summed E-state index contributed by atoms with van der Waals surface area (Å²) in [4.78, 5) is 18.0. The molecular weight excluding hydrogens is 318 g/mol. The molecule has 22 heavy (non-hydrogen) atoms. The first-order valence-electron chi connectivity index (χ1n) is 6.94. The van der Waals surface area contributed by atoms with Crippen LogP contribution in [0.1, 0.15) is 12.5 Å². The molecule has 0 unspecified atom stereocenters. The van der Waals surface area contributed by atoms with Gasteiger partial charge in [-0.05, 0) is 35.6 Å². The van der Waals surface area contributed by atoms with Gasteiger partial charge in [0, 0.05) is 18.6 Å². The molecule has 0 aliphatic heterocycles. The number of pyridine rings is 1. The second-order valence-electron chi connectivity index (χ2n) is 4.73. The molecule has 1 N–H and O–H groups in total. The Morgan fingerprint density at radius 1 is 1.36 bits per heavy atom. The summed E-state index contributed by atoms with van der Waals surface area (Å²) in [7, 11) is 1.74. The molecule has 0 fully saturated rings. The minimum absolute atomic E-state index is 0.183. The molecule has 2 rings (SSSR count). The van der Waals surface area contributed by atoms with Gasteiger partial charge in [0.1, 0.15) is 0 Å². The van der Waals surface area contributed by atoms with E-state index in [2.05, 4.69) is 17.2 Å². The molecule has 0 atom stereocenters. The fourth-order valence-corrected chi connectivity index (χ4v) is 2.69. The molecule has 0 saturated carbocycles. The van der Waals surface area contributed by atoms with Crippen LogP contribution < -0.4 is 5.32 Å². The van der Waals surface area contributed by atoms with Gasteiger partial charge in [-0.15, -0.1) is 11.8 Å². The van der Waals surface area contributed by atoms with Gasteiger partial charge in [0.2, 0.25) is 0 Å². The van der Waals surface area contributed by atoms with E-state index in [0.29, 0.717) is 17.3 Å².